The highest BCUT2D eigenvalue weighted by atomic mass is 16.1. The smallest absolute Gasteiger partial charge is 0.275 e. The Bertz CT molecular complexity index is 985. The highest BCUT2D eigenvalue weighted by molar-refractivity contribution is 5.93. The summed E-state index contributed by atoms with van der Waals surface area (Å²) in [7, 11) is 0. The van der Waals surface area contributed by atoms with Crippen molar-refractivity contribution in [2.24, 2.45) is 0 Å². The first-order valence-corrected chi connectivity index (χ1v) is 7.04. The summed E-state index contributed by atoms with van der Waals surface area (Å²) < 4.78 is 1.89. The number of H-pyrrole nitrogens is 1. The van der Waals surface area contributed by atoms with E-state index in [1.165, 1.54) is 6.33 Å². The zero-order valence-corrected chi connectivity index (χ0v) is 11.7. The Morgan fingerprint density at radius 1 is 0.909 bits per heavy atom. The summed E-state index contributed by atoms with van der Waals surface area (Å²) in [4.78, 5) is 19.4. The third-order valence-corrected chi connectivity index (χ3v) is 3.70. The molecule has 4 nitrogen and oxygen atoms in total. The summed E-state index contributed by atoms with van der Waals surface area (Å²) >= 11 is 0. The van der Waals surface area contributed by atoms with Crippen LogP contribution in [0.3, 0.4) is 0 Å². The number of hydrogen-bond donors (Lipinski definition) is 1. The van der Waals surface area contributed by atoms with E-state index in [1.807, 2.05) is 71.4 Å². The van der Waals surface area contributed by atoms with Crippen molar-refractivity contribution >= 4 is 11.0 Å². The fourth-order valence-electron chi connectivity index (χ4n) is 2.69. The second kappa shape index (κ2) is 5.00. The first-order valence-electron chi connectivity index (χ1n) is 7.04. The van der Waals surface area contributed by atoms with Gasteiger partial charge in [0.05, 0.1) is 6.33 Å². The van der Waals surface area contributed by atoms with Crippen LogP contribution in [0.2, 0.25) is 0 Å². The lowest BCUT2D eigenvalue weighted by Crippen LogP contribution is -2.09. The molecule has 4 rings (SSSR count). The fraction of sp³-hybridized carbons (Fsp3) is 0. The van der Waals surface area contributed by atoms with Crippen LogP contribution in [0, 0.1) is 0 Å². The summed E-state index contributed by atoms with van der Waals surface area (Å²) in [5, 5.41) is 0. The van der Waals surface area contributed by atoms with Gasteiger partial charge in [-0.3, -0.25) is 4.79 Å². The molecule has 0 aliphatic rings. The van der Waals surface area contributed by atoms with Gasteiger partial charge >= 0.3 is 0 Å². The van der Waals surface area contributed by atoms with E-state index in [2.05, 4.69) is 9.97 Å². The molecule has 2 aromatic heterocycles. The van der Waals surface area contributed by atoms with E-state index in [9.17, 15) is 4.79 Å². The maximum absolute atomic E-state index is 12.3. The molecule has 0 aliphatic carbocycles. The maximum atomic E-state index is 12.3. The Kier molecular flexibility index (Phi) is 2.86. The molecule has 0 saturated carbocycles. The SMILES string of the molecule is O=c1[nH]cnc2c(-c3ccccc3)cn(-c3ccccc3)c12. The van der Waals surface area contributed by atoms with Gasteiger partial charge in [0.25, 0.3) is 5.56 Å². The molecule has 0 atom stereocenters. The molecule has 1 N–H and O–H groups in total. The summed E-state index contributed by atoms with van der Waals surface area (Å²) in [5.41, 5.74) is 4.06. The van der Waals surface area contributed by atoms with Crippen molar-refractivity contribution in [3.05, 3.63) is 83.5 Å². The van der Waals surface area contributed by atoms with E-state index in [1.54, 1.807) is 0 Å². The molecular weight excluding hydrogens is 274 g/mol. The Morgan fingerprint density at radius 3 is 2.32 bits per heavy atom. The van der Waals surface area contributed by atoms with Crippen LogP contribution in [0.4, 0.5) is 0 Å². The monoisotopic (exact) mass is 287 g/mol. The molecular formula is C18H13N3O. The van der Waals surface area contributed by atoms with Gasteiger partial charge in [0, 0.05) is 17.4 Å². The predicted octanol–water partition coefficient (Wildman–Crippen LogP) is 3.38. The number of rotatable bonds is 2. The van der Waals surface area contributed by atoms with Crippen LogP contribution in [-0.2, 0) is 0 Å². The van der Waals surface area contributed by atoms with Crippen molar-refractivity contribution < 1.29 is 0 Å². The van der Waals surface area contributed by atoms with E-state index in [0.717, 1.165) is 16.8 Å². The number of benzene rings is 2. The van der Waals surface area contributed by atoms with Crippen molar-refractivity contribution in [3.8, 4) is 16.8 Å². The lowest BCUT2D eigenvalue weighted by Gasteiger charge is -2.03. The predicted molar refractivity (Wildman–Crippen MR) is 87.1 cm³/mol. The van der Waals surface area contributed by atoms with Gasteiger partial charge in [0.2, 0.25) is 0 Å². The minimum atomic E-state index is -0.143. The van der Waals surface area contributed by atoms with Gasteiger partial charge in [0.1, 0.15) is 11.0 Å². The molecule has 0 spiro atoms. The van der Waals surface area contributed by atoms with Crippen LogP contribution in [0.25, 0.3) is 27.8 Å². The Morgan fingerprint density at radius 2 is 1.59 bits per heavy atom. The van der Waals surface area contributed by atoms with E-state index in [4.69, 9.17) is 0 Å². The second-order valence-corrected chi connectivity index (χ2v) is 5.04. The van der Waals surface area contributed by atoms with Crippen molar-refractivity contribution in [1.82, 2.24) is 14.5 Å². The van der Waals surface area contributed by atoms with Crippen LogP contribution in [0.5, 0.6) is 0 Å². The molecule has 0 saturated heterocycles. The number of aromatic nitrogens is 3. The zero-order valence-electron chi connectivity index (χ0n) is 11.7. The quantitative estimate of drug-likeness (QED) is 0.614. The van der Waals surface area contributed by atoms with Gasteiger partial charge in [0.15, 0.2) is 0 Å². The number of hydrogen-bond acceptors (Lipinski definition) is 2. The van der Waals surface area contributed by atoms with E-state index < -0.39 is 0 Å². The minimum absolute atomic E-state index is 0.143. The van der Waals surface area contributed by atoms with E-state index >= 15 is 0 Å². The van der Waals surface area contributed by atoms with Gasteiger partial charge < -0.3 is 9.55 Å². The zero-order chi connectivity index (χ0) is 14.9. The van der Waals surface area contributed by atoms with Gasteiger partial charge in [-0.2, -0.15) is 0 Å². The second-order valence-electron chi connectivity index (χ2n) is 5.04. The lowest BCUT2D eigenvalue weighted by molar-refractivity contribution is 1.08. The van der Waals surface area contributed by atoms with Crippen molar-refractivity contribution in [1.29, 1.82) is 0 Å². The third-order valence-electron chi connectivity index (χ3n) is 3.70. The van der Waals surface area contributed by atoms with Gasteiger partial charge in [-0.25, -0.2) is 4.98 Å². The molecule has 106 valence electrons. The first-order chi connectivity index (χ1) is 10.8. The summed E-state index contributed by atoms with van der Waals surface area (Å²) in [6.07, 6.45) is 3.42. The molecule has 0 bridgehead atoms. The highest BCUT2D eigenvalue weighted by Crippen LogP contribution is 2.29. The number of para-hydroxylation sites is 1. The molecule has 0 radical (unpaired) electrons. The Balaban J connectivity index is 2.09. The summed E-state index contributed by atoms with van der Waals surface area (Å²) in [5.74, 6) is 0. The number of nitrogens with zero attached hydrogens (tertiary/aromatic N) is 2. The molecule has 22 heavy (non-hydrogen) atoms. The Labute approximate surface area is 126 Å². The molecule has 0 aliphatic heterocycles. The largest absolute Gasteiger partial charge is 0.311 e. The van der Waals surface area contributed by atoms with Crippen LogP contribution >= 0.6 is 0 Å². The minimum Gasteiger partial charge on any atom is -0.311 e. The van der Waals surface area contributed by atoms with Crippen molar-refractivity contribution in [2.75, 3.05) is 0 Å². The number of fused-ring (bicyclic) bond motifs is 1. The van der Waals surface area contributed by atoms with Gasteiger partial charge in [-0.1, -0.05) is 48.5 Å². The average molecular weight is 287 g/mol. The molecule has 2 aromatic carbocycles. The number of nitrogens with one attached hydrogen (secondary N) is 1. The maximum Gasteiger partial charge on any atom is 0.275 e. The molecule has 4 aromatic rings. The lowest BCUT2D eigenvalue weighted by atomic mass is 10.1. The van der Waals surface area contributed by atoms with Crippen LogP contribution in [0.15, 0.2) is 78.0 Å². The first kappa shape index (κ1) is 12.6. The Hall–Kier alpha value is -3.14. The summed E-state index contributed by atoms with van der Waals surface area (Å²) in [6, 6.07) is 19.8. The van der Waals surface area contributed by atoms with Crippen molar-refractivity contribution in [2.45, 2.75) is 0 Å². The van der Waals surface area contributed by atoms with Crippen LogP contribution in [-0.4, -0.2) is 14.5 Å². The van der Waals surface area contributed by atoms with E-state index in [-0.39, 0.29) is 5.56 Å². The van der Waals surface area contributed by atoms with Crippen LogP contribution < -0.4 is 5.56 Å². The highest BCUT2D eigenvalue weighted by Gasteiger charge is 2.15. The molecule has 0 unspecified atom stereocenters. The van der Waals surface area contributed by atoms with Gasteiger partial charge in [-0.05, 0) is 17.7 Å². The van der Waals surface area contributed by atoms with Gasteiger partial charge in [-0.15, -0.1) is 0 Å². The van der Waals surface area contributed by atoms with Crippen LogP contribution in [0.1, 0.15) is 0 Å². The van der Waals surface area contributed by atoms with E-state index in [0.29, 0.717) is 11.0 Å². The molecule has 2 heterocycles. The fourth-order valence-corrected chi connectivity index (χ4v) is 2.69. The molecule has 4 heteroatoms. The number of aromatic amines is 1. The topological polar surface area (TPSA) is 50.7 Å². The normalized spacial score (nSPS) is 10.9. The molecule has 0 fully saturated rings. The average Bonchev–Trinajstić information content (AvgIpc) is 2.98. The van der Waals surface area contributed by atoms with Crippen molar-refractivity contribution in [3.63, 3.8) is 0 Å². The molecule has 0 amide bonds. The third kappa shape index (κ3) is 1.93. The summed E-state index contributed by atoms with van der Waals surface area (Å²) in [6.45, 7) is 0. The standard InChI is InChI=1S/C18H13N3O/c22-18-17-16(19-12-20-18)15(13-7-3-1-4-8-13)11-21(17)14-9-5-2-6-10-14/h1-12H,(H,19,20,22).